The lowest BCUT2D eigenvalue weighted by molar-refractivity contribution is -0.159. The van der Waals surface area contributed by atoms with Gasteiger partial charge in [-0.25, -0.2) is 4.98 Å². The third-order valence-corrected chi connectivity index (χ3v) is 6.17. The Hall–Kier alpha value is -1.41. The first-order chi connectivity index (χ1) is 11.7. The summed E-state index contributed by atoms with van der Waals surface area (Å²) in [5.74, 6) is -0.565. The number of hydrogen-bond donors (Lipinski definition) is 0. The maximum absolute atomic E-state index is 11.4. The third-order valence-electron chi connectivity index (χ3n) is 4.14. The molecule has 2 aromatic rings. The van der Waals surface area contributed by atoms with Crippen LogP contribution in [0.1, 0.15) is 33.3 Å². The van der Waals surface area contributed by atoms with Crippen molar-refractivity contribution in [2.45, 2.75) is 48.3 Å². The molecule has 1 aliphatic heterocycles. The van der Waals surface area contributed by atoms with Crippen LogP contribution in [0.25, 0.3) is 0 Å². The van der Waals surface area contributed by atoms with Crippen LogP contribution in [-0.2, 0) is 19.9 Å². The molecule has 1 saturated heterocycles. The highest BCUT2D eigenvalue weighted by Gasteiger charge is 2.43. The van der Waals surface area contributed by atoms with Gasteiger partial charge in [0.15, 0.2) is 5.79 Å². The monoisotopic (exact) mass is 378 g/mol. The van der Waals surface area contributed by atoms with Gasteiger partial charge in [0.2, 0.25) is 5.91 Å². The molecule has 3 heterocycles. The van der Waals surface area contributed by atoms with Crippen LogP contribution in [0.4, 0.5) is 5.69 Å². The van der Waals surface area contributed by atoms with Crippen molar-refractivity contribution >= 4 is 34.7 Å². The topological polar surface area (TPSA) is 51.7 Å². The molecule has 3 rings (SSSR count). The second-order valence-electron chi connectivity index (χ2n) is 6.71. The van der Waals surface area contributed by atoms with Crippen molar-refractivity contribution in [3.05, 3.63) is 35.3 Å². The number of anilines is 1. The van der Waals surface area contributed by atoms with Gasteiger partial charge < -0.3 is 14.4 Å². The Morgan fingerprint density at radius 3 is 2.68 bits per heavy atom. The lowest BCUT2D eigenvalue weighted by atomic mass is 10.0. The minimum Gasteiger partial charge on any atom is -0.347 e. The van der Waals surface area contributed by atoms with E-state index in [1.54, 1.807) is 41.2 Å². The van der Waals surface area contributed by atoms with E-state index in [-0.39, 0.29) is 5.91 Å². The molecule has 25 heavy (non-hydrogen) atoms. The summed E-state index contributed by atoms with van der Waals surface area (Å²) in [5.41, 5.74) is 1.49. The molecule has 1 unspecified atom stereocenters. The molecule has 0 aliphatic carbocycles. The van der Waals surface area contributed by atoms with Gasteiger partial charge in [0.25, 0.3) is 0 Å². The van der Waals surface area contributed by atoms with Crippen LogP contribution < -0.4 is 4.90 Å². The summed E-state index contributed by atoms with van der Waals surface area (Å²) in [6.45, 7) is 8.01. The van der Waals surface area contributed by atoms with Gasteiger partial charge in [-0.15, -0.1) is 11.3 Å². The molecule has 1 atom stereocenters. The van der Waals surface area contributed by atoms with Crippen molar-refractivity contribution in [1.29, 1.82) is 0 Å². The number of thiophene rings is 1. The Labute approximate surface area is 156 Å². The van der Waals surface area contributed by atoms with Gasteiger partial charge in [0.1, 0.15) is 10.6 Å². The molecular formula is C18H22N2O3S2. The van der Waals surface area contributed by atoms with Crippen LogP contribution in [0.15, 0.2) is 39.0 Å². The molecule has 0 aromatic carbocycles. The molecule has 7 heteroatoms. The summed E-state index contributed by atoms with van der Waals surface area (Å²) in [6.07, 6.45) is 1.72. The van der Waals surface area contributed by atoms with Crippen molar-refractivity contribution in [2.75, 3.05) is 18.6 Å². The van der Waals surface area contributed by atoms with Crippen LogP contribution >= 0.6 is 23.1 Å². The second kappa shape index (κ2) is 6.72. The average Bonchev–Trinajstić information content (AvgIpc) is 3.12. The second-order valence-corrected chi connectivity index (χ2v) is 8.94. The van der Waals surface area contributed by atoms with Gasteiger partial charge in [0, 0.05) is 14.0 Å². The van der Waals surface area contributed by atoms with Gasteiger partial charge in [-0.1, -0.05) is 11.8 Å². The summed E-state index contributed by atoms with van der Waals surface area (Å²) in [5, 5.41) is 3.01. The summed E-state index contributed by atoms with van der Waals surface area (Å²) in [4.78, 5) is 17.4. The number of carbonyl (C=O) groups excluding carboxylic acids is 1. The van der Waals surface area contributed by atoms with E-state index in [0.29, 0.717) is 6.61 Å². The van der Waals surface area contributed by atoms with Crippen LogP contribution in [0.2, 0.25) is 0 Å². The van der Waals surface area contributed by atoms with Crippen LogP contribution in [0.5, 0.6) is 0 Å². The first kappa shape index (κ1) is 18.4. The zero-order valence-electron chi connectivity index (χ0n) is 15.0. The van der Waals surface area contributed by atoms with Crippen LogP contribution in [0, 0.1) is 0 Å². The quantitative estimate of drug-likeness (QED) is 0.795. The van der Waals surface area contributed by atoms with Crippen molar-refractivity contribution in [3.63, 3.8) is 0 Å². The lowest BCUT2D eigenvalue weighted by Gasteiger charge is -2.24. The number of carbonyl (C=O) groups is 1. The maximum Gasteiger partial charge on any atom is 0.223 e. The molecule has 2 aromatic heterocycles. The third kappa shape index (κ3) is 4.06. The lowest BCUT2D eigenvalue weighted by Crippen LogP contribution is -2.27. The van der Waals surface area contributed by atoms with Crippen molar-refractivity contribution in [3.8, 4) is 0 Å². The predicted molar refractivity (Wildman–Crippen MR) is 100 cm³/mol. The SMILES string of the molecule is CC(=O)N(C)c1ccc(Sc2cc(C3(C)COC(C)(C)O3)cs2)nc1. The zero-order chi connectivity index (χ0) is 18.2. The molecule has 0 bridgehead atoms. The maximum atomic E-state index is 11.4. The molecule has 1 aliphatic rings. The standard InChI is InChI=1S/C18H22N2O3S2/c1-12(21)20(5)14-6-7-15(19-9-14)25-16-8-13(10-24-16)18(4)11-22-17(2,3)23-18/h6-10H,11H2,1-5H3. The van der Waals surface area contributed by atoms with Crippen molar-refractivity contribution in [1.82, 2.24) is 4.98 Å². The Kier molecular flexibility index (Phi) is 4.94. The molecule has 134 valence electrons. The number of pyridine rings is 1. The van der Waals surface area contributed by atoms with E-state index in [0.717, 1.165) is 20.5 Å². The first-order valence-corrected chi connectivity index (χ1v) is 9.69. The van der Waals surface area contributed by atoms with E-state index >= 15 is 0 Å². The summed E-state index contributed by atoms with van der Waals surface area (Å²) in [6, 6.07) is 5.97. The highest BCUT2D eigenvalue weighted by Crippen LogP contribution is 2.42. The fraction of sp³-hybridized carbons (Fsp3) is 0.444. The molecular weight excluding hydrogens is 356 g/mol. The summed E-state index contributed by atoms with van der Waals surface area (Å²) >= 11 is 3.27. The summed E-state index contributed by atoms with van der Waals surface area (Å²) in [7, 11) is 1.74. The number of ether oxygens (including phenoxy) is 2. The number of aromatic nitrogens is 1. The molecule has 5 nitrogen and oxygen atoms in total. The Morgan fingerprint density at radius 2 is 2.12 bits per heavy atom. The van der Waals surface area contributed by atoms with E-state index in [9.17, 15) is 4.79 Å². The molecule has 0 N–H and O–H groups in total. The van der Waals surface area contributed by atoms with E-state index in [1.165, 1.54) is 6.92 Å². The Balaban J connectivity index is 1.71. The average molecular weight is 379 g/mol. The van der Waals surface area contributed by atoms with Gasteiger partial charge in [0.05, 0.1) is 22.7 Å². The van der Waals surface area contributed by atoms with Gasteiger partial charge in [-0.3, -0.25) is 4.79 Å². The number of rotatable bonds is 4. The zero-order valence-corrected chi connectivity index (χ0v) is 16.7. The molecule has 1 amide bonds. The predicted octanol–water partition coefficient (Wildman–Crippen LogP) is 4.28. The van der Waals surface area contributed by atoms with Crippen LogP contribution in [0.3, 0.4) is 0 Å². The van der Waals surface area contributed by atoms with Gasteiger partial charge in [-0.05, 0) is 49.9 Å². The molecule has 0 spiro atoms. The molecule has 0 saturated carbocycles. The first-order valence-electron chi connectivity index (χ1n) is 8.00. The van der Waals surface area contributed by atoms with E-state index in [4.69, 9.17) is 9.47 Å². The Bertz CT molecular complexity index is 773. The van der Waals surface area contributed by atoms with Crippen molar-refractivity contribution < 1.29 is 14.3 Å². The van der Waals surface area contributed by atoms with Crippen LogP contribution in [-0.4, -0.2) is 30.3 Å². The number of nitrogens with zero attached hydrogens (tertiary/aromatic N) is 2. The molecule has 0 radical (unpaired) electrons. The van der Waals surface area contributed by atoms with Crippen molar-refractivity contribution in [2.24, 2.45) is 0 Å². The minimum atomic E-state index is -0.551. The van der Waals surface area contributed by atoms with E-state index in [1.807, 2.05) is 26.0 Å². The van der Waals surface area contributed by atoms with E-state index < -0.39 is 11.4 Å². The smallest absolute Gasteiger partial charge is 0.223 e. The number of amides is 1. The van der Waals surface area contributed by atoms with E-state index in [2.05, 4.69) is 23.4 Å². The molecule has 1 fully saturated rings. The van der Waals surface area contributed by atoms with Gasteiger partial charge in [-0.2, -0.15) is 0 Å². The fourth-order valence-electron chi connectivity index (χ4n) is 2.62. The summed E-state index contributed by atoms with van der Waals surface area (Å²) < 4.78 is 12.9. The normalized spacial score (nSPS) is 22.1. The minimum absolute atomic E-state index is 0.0138. The van der Waals surface area contributed by atoms with Gasteiger partial charge >= 0.3 is 0 Å². The largest absolute Gasteiger partial charge is 0.347 e. The highest BCUT2D eigenvalue weighted by atomic mass is 32.2. The number of hydrogen-bond acceptors (Lipinski definition) is 6. The fourth-order valence-corrected chi connectivity index (χ4v) is 4.60. The Morgan fingerprint density at radius 1 is 1.36 bits per heavy atom. The highest BCUT2D eigenvalue weighted by molar-refractivity contribution is 8.01.